The van der Waals surface area contributed by atoms with Gasteiger partial charge in [-0.05, 0) is 25.8 Å². The van der Waals surface area contributed by atoms with E-state index in [1.54, 1.807) is 4.90 Å². The summed E-state index contributed by atoms with van der Waals surface area (Å²) in [5, 5.41) is 27.9. The second-order valence-corrected chi connectivity index (χ2v) is 11.8. The minimum absolute atomic E-state index is 0.0664. The summed E-state index contributed by atoms with van der Waals surface area (Å²) < 4.78 is 0. The average molecular weight is 638 g/mol. The number of hydrogen-bond acceptors (Lipinski definition) is 11. The number of anilines is 2. The Labute approximate surface area is 266 Å². The van der Waals surface area contributed by atoms with E-state index in [2.05, 4.69) is 39.6 Å². The number of carbonyl (C=O) groups excluding carboxylic acids is 1. The van der Waals surface area contributed by atoms with Gasteiger partial charge >= 0.3 is 11.9 Å². The van der Waals surface area contributed by atoms with Gasteiger partial charge in [0.2, 0.25) is 5.91 Å². The lowest BCUT2D eigenvalue weighted by Crippen LogP contribution is -2.49. The molecule has 1 aliphatic rings. The molecular weight excluding hydrogens is 582 g/mol. The summed E-state index contributed by atoms with van der Waals surface area (Å²) in [4.78, 5) is 67.2. The summed E-state index contributed by atoms with van der Waals surface area (Å²) in [6.45, 7) is 11.4. The summed E-state index contributed by atoms with van der Waals surface area (Å²) in [6.07, 6.45) is 6.67. The van der Waals surface area contributed by atoms with Crippen molar-refractivity contribution < 1.29 is 24.6 Å². The molecule has 14 nitrogen and oxygen atoms in total. The first kappa shape index (κ1) is 38.1. The molecule has 0 spiro atoms. The Kier molecular flexibility index (Phi) is 18.3. The molecule has 1 aromatic carbocycles. The first-order valence-electron chi connectivity index (χ1n) is 16.5. The van der Waals surface area contributed by atoms with Crippen LogP contribution in [0.25, 0.3) is 0 Å². The first-order chi connectivity index (χ1) is 21.6. The number of nitrogens with one attached hydrogen (secondary N) is 3. The third-order valence-electron chi connectivity index (χ3n) is 8.18. The zero-order valence-electron chi connectivity index (χ0n) is 27.3. The maximum atomic E-state index is 12.8. The van der Waals surface area contributed by atoms with E-state index in [1.807, 2.05) is 4.90 Å². The summed E-state index contributed by atoms with van der Waals surface area (Å²) in [6, 6.07) is 0. The number of carboxylic acids is 2. The van der Waals surface area contributed by atoms with Crippen molar-refractivity contribution in [2.24, 2.45) is 0 Å². The van der Waals surface area contributed by atoms with E-state index in [9.17, 15) is 34.2 Å². The minimum atomic E-state index is -0.938. The number of carboxylic acid groups (broad SMARTS) is 2. The topological polar surface area (TPSA) is 175 Å². The maximum absolute atomic E-state index is 12.8. The van der Waals surface area contributed by atoms with Gasteiger partial charge in [-0.25, -0.2) is 0 Å². The molecule has 0 saturated carbocycles. The highest BCUT2D eigenvalue weighted by Gasteiger charge is 2.21. The van der Waals surface area contributed by atoms with Gasteiger partial charge in [0.25, 0.3) is 10.9 Å². The molecule has 1 amide bonds. The average Bonchev–Trinajstić information content (AvgIpc) is 3.00. The second kappa shape index (κ2) is 21.6. The van der Waals surface area contributed by atoms with Crippen LogP contribution < -0.4 is 26.8 Å². The number of rotatable bonds is 20. The molecule has 45 heavy (non-hydrogen) atoms. The molecule has 1 fully saturated rings. The molecular formula is C31H55N7O7. The number of unbranched alkanes of at least 4 members (excludes halogenated alkanes) is 5. The molecule has 0 radical (unpaired) electrons. The summed E-state index contributed by atoms with van der Waals surface area (Å²) in [5.74, 6) is -1.90. The molecule has 1 saturated heterocycles. The highest BCUT2D eigenvalue weighted by molar-refractivity contribution is 5.78. The number of carbonyl (C=O) groups is 3. The van der Waals surface area contributed by atoms with E-state index in [0.717, 1.165) is 58.0 Å². The number of hydrogen-bond donors (Lipinski definition) is 5. The van der Waals surface area contributed by atoms with Gasteiger partial charge < -0.3 is 31.1 Å². The van der Waals surface area contributed by atoms with Crippen LogP contribution in [0, 0.1) is 0 Å². The molecule has 0 aromatic heterocycles. The Morgan fingerprint density at radius 1 is 0.578 bits per heavy atom. The lowest BCUT2D eigenvalue weighted by molar-refractivity contribution is -0.140. The maximum Gasteiger partial charge on any atom is 0.317 e. The fourth-order valence-electron chi connectivity index (χ4n) is 5.37. The van der Waals surface area contributed by atoms with Gasteiger partial charge in [0.05, 0.1) is 19.6 Å². The molecule has 0 aliphatic carbocycles. The summed E-state index contributed by atoms with van der Waals surface area (Å²) in [5.41, 5.74) is -0.0799. The van der Waals surface area contributed by atoms with Crippen molar-refractivity contribution in [3.05, 3.63) is 20.4 Å². The largest absolute Gasteiger partial charge is 0.480 e. The van der Waals surface area contributed by atoms with E-state index in [0.29, 0.717) is 76.8 Å². The van der Waals surface area contributed by atoms with Crippen LogP contribution in [-0.2, 0) is 14.4 Å². The van der Waals surface area contributed by atoms with Crippen LogP contribution in [0.3, 0.4) is 0 Å². The number of aliphatic carboxylic acids is 2. The predicted molar refractivity (Wildman–Crippen MR) is 176 cm³/mol. The quantitative estimate of drug-likeness (QED) is 0.0982. The Morgan fingerprint density at radius 2 is 0.978 bits per heavy atom. The van der Waals surface area contributed by atoms with Crippen molar-refractivity contribution in [2.45, 2.75) is 58.8 Å². The van der Waals surface area contributed by atoms with E-state index in [4.69, 9.17) is 0 Å². The van der Waals surface area contributed by atoms with Gasteiger partial charge in [0, 0.05) is 72.0 Å². The minimum Gasteiger partial charge on any atom is -0.480 e. The first-order valence-corrected chi connectivity index (χ1v) is 16.5. The molecule has 1 aliphatic heterocycles. The van der Waals surface area contributed by atoms with E-state index in [1.165, 1.54) is 0 Å². The van der Waals surface area contributed by atoms with Crippen molar-refractivity contribution in [1.29, 1.82) is 0 Å². The number of amides is 1. The zero-order valence-corrected chi connectivity index (χ0v) is 27.3. The third kappa shape index (κ3) is 15.2. The van der Waals surface area contributed by atoms with Crippen molar-refractivity contribution in [3.8, 4) is 0 Å². The van der Waals surface area contributed by atoms with E-state index < -0.39 is 22.8 Å². The Balaban J connectivity index is 1.72. The molecule has 1 aromatic rings. The smallest absolute Gasteiger partial charge is 0.317 e. The van der Waals surface area contributed by atoms with Crippen LogP contribution in [0.2, 0.25) is 0 Å². The standard InChI is InChI=1S/C31H55N7O7/c1-3-5-8-12-33-28-29(31(45)30(28)44)34-13-10-7-6-9-11-32-25(39)22-36-16-14-35(4-2)15-17-37(23-26(40)41)20-21-38(19-18-36)24-27(42)43/h33-34H,3-24H2,1-2H3,(H,32,39)(H,40,41)(H,42,43). The lowest BCUT2D eigenvalue weighted by Gasteiger charge is -2.33. The Hall–Kier alpha value is -3.07. The molecule has 0 unspecified atom stereocenters. The fourth-order valence-corrected chi connectivity index (χ4v) is 5.37. The van der Waals surface area contributed by atoms with Crippen LogP contribution in [0.15, 0.2) is 9.59 Å². The molecule has 1 heterocycles. The van der Waals surface area contributed by atoms with Crippen molar-refractivity contribution in [3.63, 3.8) is 0 Å². The van der Waals surface area contributed by atoms with E-state index in [-0.39, 0.29) is 25.5 Å². The van der Waals surface area contributed by atoms with Crippen molar-refractivity contribution in [1.82, 2.24) is 24.9 Å². The van der Waals surface area contributed by atoms with Gasteiger partial charge in [-0.1, -0.05) is 39.5 Å². The summed E-state index contributed by atoms with van der Waals surface area (Å²) in [7, 11) is 0. The number of likely N-dealkylation sites (N-methyl/N-ethyl adjacent to an activating group) is 1. The Morgan fingerprint density at radius 3 is 1.40 bits per heavy atom. The van der Waals surface area contributed by atoms with Crippen molar-refractivity contribution in [2.75, 3.05) is 109 Å². The van der Waals surface area contributed by atoms with Gasteiger partial charge in [0.15, 0.2) is 0 Å². The SMILES string of the molecule is CCCCCNc1c(NCCCCCCNC(=O)CN2CCN(CC)CCN(CC(=O)O)CCN(CC(=O)O)CC2)c(=O)c1=O. The zero-order chi connectivity index (χ0) is 33.0. The van der Waals surface area contributed by atoms with Gasteiger partial charge in [-0.3, -0.25) is 38.7 Å². The molecule has 0 bridgehead atoms. The third-order valence-corrected chi connectivity index (χ3v) is 8.18. The highest BCUT2D eigenvalue weighted by atomic mass is 16.4. The second-order valence-electron chi connectivity index (χ2n) is 11.8. The van der Waals surface area contributed by atoms with Crippen LogP contribution >= 0.6 is 0 Å². The summed E-state index contributed by atoms with van der Waals surface area (Å²) >= 11 is 0. The highest BCUT2D eigenvalue weighted by Crippen LogP contribution is 2.15. The van der Waals surface area contributed by atoms with Gasteiger partial charge in [0.1, 0.15) is 11.4 Å². The van der Waals surface area contributed by atoms with E-state index >= 15 is 0 Å². The van der Waals surface area contributed by atoms with Gasteiger partial charge in [-0.15, -0.1) is 0 Å². The fraction of sp³-hybridized carbons (Fsp3) is 0.774. The van der Waals surface area contributed by atoms with Crippen LogP contribution in [0.5, 0.6) is 0 Å². The van der Waals surface area contributed by atoms with Crippen LogP contribution in [-0.4, -0.2) is 146 Å². The molecule has 0 atom stereocenters. The molecule has 256 valence electrons. The van der Waals surface area contributed by atoms with Gasteiger partial charge in [-0.2, -0.15) is 0 Å². The number of nitrogens with zero attached hydrogens (tertiary/aromatic N) is 4. The lowest BCUT2D eigenvalue weighted by atomic mass is 10.1. The molecule has 5 N–H and O–H groups in total. The van der Waals surface area contributed by atoms with Crippen LogP contribution in [0.1, 0.15) is 58.8 Å². The van der Waals surface area contributed by atoms with Crippen molar-refractivity contribution >= 4 is 29.2 Å². The predicted octanol–water partition coefficient (Wildman–Crippen LogP) is 0.384. The normalized spacial score (nSPS) is 16.6. The monoisotopic (exact) mass is 637 g/mol. The van der Waals surface area contributed by atoms with Crippen LogP contribution in [0.4, 0.5) is 11.4 Å². The molecule has 14 heteroatoms. The molecule has 2 rings (SSSR count). The Bertz CT molecular complexity index is 1110.